The maximum atomic E-state index is 10.9. The summed E-state index contributed by atoms with van der Waals surface area (Å²) in [6.07, 6.45) is 1.19. The molecule has 3 nitrogen and oxygen atoms in total. The van der Waals surface area contributed by atoms with Gasteiger partial charge in [-0.2, -0.15) is 0 Å². The third-order valence-electron chi connectivity index (χ3n) is 1.42. The monoisotopic (exact) mass is 151 g/mol. The summed E-state index contributed by atoms with van der Waals surface area (Å²) in [7, 11) is 0. The largest absolute Gasteiger partial charge is 0.439 e. The first kappa shape index (κ1) is 7.72. The quantitative estimate of drug-likeness (QED) is 0.477. The lowest BCUT2D eigenvalue weighted by Gasteiger charge is -1.82. The van der Waals surface area contributed by atoms with Crippen LogP contribution in [0.5, 0.6) is 0 Å². The van der Waals surface area contributed by atoms with Crippen molar-refractivity contribution in [2.24, 2.45) is 0 Å². The molecule has 0 spiro atoms. The first-order chi connectivity index (χ1) is 5.15. The Kier molecular flexibility index (Phi) is 1.89. The summed E-state index contributed by atoms with van der Waals surface area (Å²) in [6, 6.07) is 0. The van der Waals surface area contributed by atoms with Crippen molar-refractivity contribution in [2.45, 2.75) is 13.8 Å². The molecule has 0 aliphatic rings. The number of carbonyl (C=O) groups is 1. The Hall–Kier alpha value is -1.38. The van der Waals surface area contributed by atoms with E-state index in [0.29, 0.717) is 5.76 Å². The highest BCUT2D eigenvalue weighted by atomic mass is 16.4. The van der Waals surface area contributed by atoms with Crippen LogP contribution in [0.15, 0.2) is 17.1 Å². The molecule has 0 aliphatic carbocycles. The van der Waals surface area contributed by atoms with E-state index in [9.17, 15) is 4.79 Å². The van der Waals surface area contributed by atoms with Crippen molar-refractivity contribution in [1.29, 1.82) is 0 Å². The minimum atomic E-state index is -0.277. The van der Waals surface area contributed by atoms with Crippen LogP contribution in [0.2, 0.25) is 0 Å². The molecule has 0 radical (unpaired) electrons. The fourth-order valence-corrected chi connectivity index (χ4v) is 0.665. The van der Waals surface area contributed by atoms with E-state index < -0.39 is 0 Å². The molecule has 11 heavy (non-hydrogen) atoms. The number of hydrogen-bond donors (Lipinski definition) is 0. The minimum Gasteiger partial charge on any atom is -0.439 e. The van der Waals surface area contributed by atoms with Gasteiger partial charge in [0.05, 0.1) is 5.69 Å². The van der Waals surface area contributed by atoms with Gasteiger partial charge >= 0.3 is 0 Å². The van der Waals surface area contributed by atoms with Crippen molar-refractivity contribution in [3.63, 3.8) is 0 Å². The van der Waals surface area contributed by atoms with Crippen molar-refractivity contribution >= 4 is 5.78 Å². The van der Waals surface area contributed by atoms with E-state index in [1.807, 2.05) is 0 Å². The standard InChI is InChI=1S/C8H9NO2/c1-4-7(10)8-9-5(2)6(3)11-8/h4H,1H2,2-3H3. The smallest absolute Gasteiger partial charge is 0.268 e. The van der Waals surface area contributed by atoms with Crippen LogP contribution in [-0.4, -0.2) is 10.8 Å². The fourth-order valence-electron chi connectivity index (χ4n) is 0.665. The van der Waals surface area contributed by atoms with Gasteiger partial charge in [-0.05, 0) is 19.9 Å². The Labute approximate surface area is 64.7 Å². The second-order valence-electron chi connectivity index (χ2n) is 2.23. The average Bonchev–Trinajstić information content (AvgIpc) is 2.31. The van der Waals surface area contributed by atoms with Crippen molar-refractivity contribution in [1.82, 2.24) is 4.98 Å². The highest BCUT2D eigenvalue weighted by Crippen LogP contribution is 2.08. The van der Waals surface area contributed by atoms with E-state index in [0.717, 1.165) is 5.69 Å². The molecule has 1 aromatic heterocycles. The number of nitrogens with zero attached hydrogens (tertiary/aromatic N) is 1. The number of hydrogen-bond acceptors (Lipinski definition) is 3. The number of aromatic nitrogens is 1. The summed E-state index contributed by atoms with van der Waals surface area (Å²) in [4.78, 5) is 14.8. The third kappa shape index (κ3) is 1.37. The number of carbonyl (C=O) groups excluding carboxylic acids is 1. The summed E-state index contributed by atoms with van der Waals surface area (Å²) < 4.78 is 5.04. The Morgan fingerprint density at radius 1 is 1.64 bits per heavy atom. The molecule has 1 aromatic rings. The lowest BCUT2D eigenvalue weighted by Crippen LogP contribution is -1.92. The molecule has 0 saturated carbocycles. The van der Waals surface area contributed by atoms with Crippen LogP contribution < -0.4 is 0 Å². The number of rotatable bonds is 2. The molecule has 0 saturated heterocycles. The topological polar surface area (TPSA) is 43.1 Å². The van der Waals surface area contributed by atoms with Crippen molar-refractivity contribution in [3.05, 3.63) is 30.0 Å². The van der Waals surface area contributed by atoms with E-state index in [1.165, 1.54) is 6.08 Å². The molecular weight excluding hydrogens is 142 g/mol. The van der Waals surface area contributed by atoms with Crippen LogP contribution in [0, 0.1) is 13.8 Å². The number of allylic oxidation sites excluding steroid dienone is 1. The predicted octanol–water partition coefficient (Wildman–Crippen LogP) is 1.66. The molecule has 0 aromatic carbocycles. The summed E-state index contributed by atoms with van der Waals surface area (Å²) >= 11 is 0. The molecule has 58 valence electrons. The molecule has 0 N–H and O–H groups in total. The summed E-state index contributed by atoms with van der Waals surface area (Å²) in [6.45, 7) is 6.88. The van der Waals surface area contributed by atoms with E-state index in [1.54, 1.807) is 13.8 Å². The van der Waals surface area contributed by atoms with Gasteiger partial charge in [0.2, 0.25) is 5.78 Å². The Balaban J connectivity index is 3.06. The average molecular weight is 151 g/mol. The molecule has 3 heteroatoms. The van der Waals surface area contributed by atoms with Gasteiger partial charge in [0, 0.05) is 0 Å². The van der Waals surface area contributed by atoms with Crippen molar-refractivity contribution < 1.29 is 9.21 Å². The summed E-state index contributed by atoms with van der Waals surface area (Å²) in [5, 5.41) is 0. The van der Waals surface area contributed by atoms with Crippen molar-refractivity contribution in [3.8, 4) is 0 Å². The molecule has 0 amide bonds. The maximum Gasteiger partial charge on any atom is 0.268 e. The second kappa shape index (κ2) is 2.70. The fraction of sp³-hybridized carbons (Fsp3) is 0.250. The Bertz CT molecular complexity index is 280. The first-order valence-electron chi connectivity index (χ1n) is 3.26. The van der Waals surface area contributed by atoms with Crippen molar-refractivity contribution in [2.75, 3.05) is 0 Å². The highest BCUT2D eigenvalue weighted by molar-refractivity contribution is 6.00. The van der Waals surface area contributed by atoms with Crippen LogP contribution in [0.25, 0.3) is 0 Å². The zero-order valence-corrected chi connectivity index (χ0v) is 6.55. The van der Waals surface area contributed by atoms with E-state index in [2.05, 4.69) is 11.6 Å². The van der Waals surface area contributed by atoms with Gasteiger partial charge in [0.1, 0.15) is 5.76 Å². The molecular formula is C8H9NO2. The van der Waals surface area contributed by atoms with Gasteiger partial charge < -0.3 is 4.42 Å². The second-order valence-corrected chi connectivity index (χ2v) is 2.23. The van der Waals surface area contributed by atoms with Gasteiger partial charge in [-0.15, -0.1) is 0 Å². The first-order valence-corrected chi connectivity index (χ1v) is 3.26. The summed E-state index contributed by atoms with van der Waals surface area (Å²) in [5.41, 5.74) is 0.746. The normalized spacial score (nSPS) is 9.64. The van der Waals surface area contributed by atoms with Gasteiger partial charge in [0.15, 0.2) is 0 Å². The Morgan fingerprint density at radius 2 is 2.27 bits per heavy atom. The zero-order valence-electron chi connectivity index (χ0n) is 6.55. The van der Waals surface area contributed by atoms with Crippen LogP contribution in [-0.2, 0) is 0 Å². The van der Waals surface area contributed by atoms with E-state index in [4.69, 9.17) is 4.42 Å². The van der Waals surface area contributed by atoms with Crippen LogP contribution in [0.3, 0.4) is 0 Å². The van der Waals surface area contributed by atoms with Gasteiger partial charge in [-0.1, -0.05) is 6.58 Å². The molecule has 0 fully saturated rings. The van der Waals surface area contributed by atoms with Gasteiger partial charge in [0.25, 0.3) is 5.89 Å². The molecule has 1 rings (SSSR count). The highest BCUT2D eigenvalue weighted by Gasteiger charge is 2.10. The molecule has 1 heterocycles. The SMILES string of the molecule is C=CC(=O)c1nc(C)c(C)o1. The number of oxazole rings is 1. The minimum absolute atomic E-state index is 0.120. The Morgan fingerprint density at radius 3 is 2.64 bits per heavy atom. The molecule has 0 aliphatic heterocycles. The number of aryl methyl sites for hydroxylation is 2. The van der Waals surface area contributed by atoms with Crippen LogP contribution in [0.1, 0.15) is 22.1 Å². The zero-order chi connectivity index (χ0) is 8.43. The lowest BCUT2D eigenvalue weighted by atomic mass is 10.4. The number of ketones is 1. The van der Waals surface area contributed by atoms with Crippen LogP contribution in [0.4, 0.5) is 0 Å². The summed E-state index contributed by atoms with van der Waals surface area (Å²) in [5.74, 6) is 0.520. The van der Waals surface area contributed by atoms with Gasteiger partial charge in [-0.3, -0.25) is 4.79 Å². The molecule has 0 bridgehead atoms. The molecule has 0 unspecified atom stereocenters. The van der Waals surface area contributed by atoms with E-state index in [-0.39, 0.29) is 11.7 Å². The molecule has 0 atom stereocenters. The maximum absolute atomic E-state index is 10.9. The van der Waals surface area contributed by atoms with Gasteiger partial charge in [-0.25, -0.2) is 4.98 Å². The van der Waals surface area contributed by atoms with E-state index >= 15 is 0 Å². The lowest BCUT2D eigenvalue weighted by molar-refractivity contribution is 0.101. The predicted molar refractivity (Wildman–Crippen MR) is 40.5 cm³/mol. The third-order valence-corrected chi connectivity index (χ3v) is 1.42. The van der Waals surface area contributed by atoms with Crippen LogP contribution >= 0.6 is 0 Å².